The summed E-state index contributed by atoms with van der Waals surface area (Å²) < 4.78 is 26.1. The second kappa shape index (κ2) is 7.04. The summed E-state index contributed by atoms with van der Waals surface area (Å²) in [4.78, 5) is 12.6. The van der Waals surface area contributed by atoms with Gasteiger partial charge in [0.2, 0.25) is 10.0 Å². The summed E-state index contributed by atoms with van der Waals surface area (Å²) in [6, 6.07) is 10.1. The van der Waals surface area contributed by atoms with E-state index in [9.17, 15) is 13.2 Å². The van der Waals surface area contributed by atoms with Crippen LogP contribution in [0.25, 0.3) is 0 Å². The summed E-state index contributed by atoms with van der Waals surface area (Å²) in [5, 5.41) is 2.83. The van der Waals surface area contributed by atoms with E-state index in [2.05, 4.69) is 21.2 Å². The molecule has 7 heteroatoms. The summed E-state index contributed by atoms with van der Waals surface area (Å²) >= 11 is 3.31. The Morgan fingerprint density at radius 1 is 1.08 bits per heavy atom. The van der Waals surface area contributed by atoms with Gasteiger partial charge in [-0.25, -0.2) is 12.7 Å². The zero-order chi connectivity index (χ0) is 18.1. The Balaban J connectivity index is 2.39. The third-order valence-electron chi connectivity index (χ3n) is 3.59. The molecule has 128 valence electrons. The predicted octanol–water partition coefficient (Wildman–Crippen LogP) is 3.57. The maximum absolute atomic E-state index is 12.6. The fourth-order valence-electron chi connectivity index (χ4n) is 2.19. The fourth-order valence-corrected chi connectivity index (χ4v) is 3.55. The van der Waals surface area contributed by atoms with Crippen LogP contribution in [0.15, 0.2) is 45.8 Å². The third kappa shape index (κ3) is 3.85. The molecule has 0 radical (unpaired) electrons. The highest BCUT2D eigenvalue weighted by Gasteiger charge is 2.20. The van der Waals surface area contributed by atoms with Gasteiger partial charge in [0.15, 0.2) is 0 Å². The summed E-state index contributed by atoms with van der Waals surface area (Å²) in [7, 11) is -0.701. The molecule has 2 aromatic rings. The highest BCUT2D eigenvalue weighted by atomic mass is 79.9. The van der Waals surface area contributed by atoms with Crippen molar-refractivity contribution in [3.8, 4) is 0 Å². The molecule has 0 spiro atoms. The van der Waals surface area contributed by atoms with Gasteiger partial charge in [-0.1, -0.05) is 17.7 Å². The molecule has 1 amide bonds. The molecule has 5 nitrogen and oxygen atoms in total. The van der Waals surface area contributed by atoms with Gasteiger partial charge in [-0.05, 0) is 59.6 Å². The first-order valence-corrected chi connectivity index (χ1v) is 9.47. The van der Waals surface area contributed by atoms with Gasteiger partial charge in [-0.15, -0.1) is 0 Å². The first-order valence-electron chi connectivity index (χ1n) is 7.23. The Bertz CT molecular complexity index is 893. The molecular formula is C17H19BrN2O3S. The minimum absolute atomic E-state index is 0.0708. The number of carbonyl (C=O) groups excluding carboxylic acids is 1. The molecule has 0 saturated carbocycles. The van der Waals surface area contributed by atoms with Crippen LogP contribution in [0, 0.1) is 13.8 Å². The molecular weight excluding hydrogens is 392 g/mol. The molecule has 0 unspecified atom stereocenters. The van der Waals surface area contributed by atoms with Crippen LogP contribution in [0.2, 0.25) is 0 Å². The van der Waals surface area contributed by atoms with Crippen molar-refractivity contribution in [2.45, 2.75) is 18.7 Å². The van der Waals surface area contributed by atoms with E-state index in [0.717, 1.165) is 15.4 Å². The van der Waals surface area contributed by atoms with Crippen LogP contribution in [-0.4, -0.2) is 32.7 Å². The molecule has 2 aromatic carbocycles. The van der Waals surface area contributed by atoms with E-state index in [4.69, 9.17) is 0 Å². The van der Waals surface area contributed by atoms with Crippen molar-refractivity contribution < 1.29 is 13.2 Å². The molecule has 0 aliphatic rings. The van der Waals surface area contributed by atoms with E-state index in [0.29, 0.717) is 10.2 Å². The highest BCUT2D eigenvalue weighted by molar-refractivity contribution is 9.10. The zero-order valence-electron chi connectivity index (χ0n) is 13.9. The number of anilines is 1. The van der Waals surface area contributed by atoms with E-state index in [1.807, 2.05) is 32.0 Å². The molecule has 24 heavy (non-hydrogen) atoms. The van der Waals surface area contributed by atoms with Crippen LogP contribution in [0.4, 0.5) is 5.69 Å². The van der Waals surface area contributed by atoms with Crippen molar-refractivity contribution in [2.24, 2.45) is 0 Å². The highest BCUT2D eigenvalue weighted by Crippen LogP contribution is 2.24. The van der Waals surface area contributed by atoms with Crippen LogP contribution in [0.1, 0.15) is 21.5 Å². The van der Waals surface area contributed by atoms with Gasteiger partial charge >= 0.3 is 0 Å². The second-order valence-corrected chi connectivity index (χ2v) is 8.71. The summed E-state index contributed by atoms with van der Waals surface area (Å²) in [5.74, 6) is -0.371. The second-order valence-electron chi connectivity index (χ2n) is 5.70. The van der Waals surface area contributed by atoms with Gasteiger partial charge in [0.05, 0.1) is 10.5 Å². The topological polar surface area (TPSA) is 66.5 Å². The number of carbonyl (C=O) groups is 1. The molecule has 1 N–H and O–H groups in total. The number of aryl methyl sites for hydroxylation is 2. The lowest BCUT2D eigenvalue weighted by molar-refractivity contribution is 0.102. The number of sulfonamides is 1. The predicted molar refractivity (Wildman–Crippen MR) is 98.9 cm³/mol. The van der Waals surface area contributed by atoms with Gasteiger partial charge < -0.3 is 5.32 Å². The lowest BCUT2D eigenvalue weighted by atomic mass is 10.1. The lowest BCUT2D eigenvalue weighted by Crippen LogP contribution is -2.23. The zero-order valence-corrected chi connectivity index (χ0v) is 16.3. The number of amides is 1. The molecule has 0 aromatic heterocycles. The Kier molecular flexibility index (Phi) is 5.47. The van der Waals surface area contributed by atoms with E-state index in [1.165, 1.54) is 26.2 Å². The number of nitrogens with zero attached hydrogens (tertiary/aromatic N) is 1. The summed E-state index contributed by atoms with van der Waals surface area (Å²) in [5.41, 5.74) is 3.00. The van der Waals surface area contributed by atoms with Crippen molar-refractivity contribution in [2.75, 3.05) is 19.4 Å². The maximum Gasteiger partial charge on any atom is 0.256 e. The SMILES string of the molecule is Cc1ccc(NC(=O)c2cc(S(=O)(=O)N(C)C)ccc2Br)c(C)c1. The van der Waals surface area contributed by atoms with E-state index >= 15 is 0 Å². The number of hydrogen-bond donors (Lipinski definition) is 1. The smallest absolute Gasteiger partial charge is 0.256 e. The molecule has 0 heterocycles. The molecule has 0 aliphatic heterocycles. The first kappa shape index (κ1) is 18.6. The third-order valence-corrected chi connectivity index (χ3v) is 6.09. The quantitative estimate of drug-likeness (QED) is 0.837. The van der Waals surface area contributed by atoms with Gasteiger partial charge in [0.1, 0.15) is 0 Å². The number of benzene rings is 2. The van der Waals surface area contributed by atoms with Crippen LogP contribution in [-0.2, 0) is 10.0 Å². The monoisotopic (exact) mass is 410 g/mol. The fraction of sp³-hybridized carbons (Fsp3) is 0.235. The van der Waals surface area contributed by atoms with Gasteiger partial charge in [0.25, 0.3) is 5.91 Å². The van der Waals surface area contributed by atoms with E-state index in [-0.39, 0.29) is 16.4 Å². The standard InChI is InChI=1S/C17H19BrN2O3S/c1-11-5-8-16(12(2)9-11)19-17(21)14-10-13(6-7-15(14)18)24(22,23)20(3)4/h5-10H,1-4H3,(H,19,21). The maximum atomic E-state index is 12.6. The molecule has 2 rings (SSSR count). The van der Waals surface area contributed by atoms with Gasteiger partial charge in [-0.2, -0.15) is 0 Å². The Morgan fingerprint density at radius 3 is 2.33 bits per heavy atom. The normalized spacial score (nSPS) is 11.6. The number of halogens is 1. The van der Waals surface area contributed by atoms with Crippen LogP contribution >= 0.6 is 15.9 Å². The summed E-state index contributed by atoms with van der Waals surface area (Å²) in [6.07, 6.45) is 0. The van der Waals surface area contributed by atoms with Crippen molar-refractivity contribution >= 4 is 37.5 Å². The van der Waals surface area contributed by atoms with Crippen molar-refractivity contribution in [1.82, 2.24) is 4.31 Å². The van der Waals surface area contributed by atoms with Crippen molar-refractivity contribution in [3.63, 3.8) is 0 Å². The van der Waals surface area contributed by atoms with Crippen molar-refractivity contribution in [1.29, 1.82) is 0 Å². The molecule has 0 aliphatic carbocycles. The molecule has 0 atom stereocenters. The lowest BCUT2D eigenvalue weighted by Gasteiger charge is -2.14. The minimum Gasteiger partial charge on any atom is -0.322 e. The van der Waals surface area contributed by atoms with E-state index < -0.39 is 10.0 Å². The molecule has 0 saturated heterocycles. The minimum atomic E-state index is -3.60. The Morgan fingerprint density at radius 2 is 1.75 bits per heavy atom. The Labute approximate surface area is 150 Å². The average Bonchev–Trinajstić information content (AvgIpc) is 2.50. The van der Waals surface area contributed by atoms with Gasteiger partial charge in [0, 0.05) is 24.3 Å². The molecule has 0 bridgehead atoms. The van der Waals surface area contributed by atoms with Gasteiger partial charge in [-0.3, -0.25) is 4.79 Å². The number of nitrogens with one attached hydrogen (secondary N) is 1. The molecule has 0 fully saturated rings. The number of rotatable bonds is 4. The first-order chi connectivity index (χ1) is 11.1. The largest absolute Gasteiger partial charge is 0.322 e. The number of hydrogen-bond acceptors (Lipinski definition) is 3. The average molecular weight is 411 g/mol. The summed E-state index contributed by atoms with van der Waals surface area (Å²) in [6.45, 7) is 3.88. The van der Waals surface area contributed by atoms with Crippen molar-refractivity contribution in [3.05, 3.63) is 57.6 Å². The van der Waals surface area contributed by atoms with Crippen LogP contribution < -0.4 is 5.32 Å². The Hall–Kier alpha value is -1.70. The van der Waals surface area contributed by atoms with Crippen LogP contribution in [0.5, 0.6) is 0 Å². The van der Waals surface area contributed by atoms with E-state index in [1.54, 1.807) is 6.07 Å². The van der Waals surface area contributed by atoms with Crippen LogP contribution in [0.3, 0.4) is 0 Å².